The van der Waals surface area contributed by atoms with Gasteiger partial charge in [-0.3, -0.25) is 4.79 Å². The molecular formula is C17H13NO2S. The molecule has 21 heavy (non-hydrogen) atoms. The molecule has 4 heteroatoms. The Morgan fingerprint density at radius 3 is 2.62 bits per heavy atom. The quantitative estimate of drug-likeness (QED) is 0.858. The molecule has 0 unspecified atom stereocenters. The highest BCUT2D eigenvalue weighted by atomic mass is 32.2. The fourth-order valence-electron chi connectivity index (χ4n) is 1.99. The zero-order chi connectivity index (χ0) is 14.8. The molecule has 0 saturated carbocycles. The molecule has 1 aliphatic heterocycles. The molecule has 0 saturated heterocycles. The molecule has 0 spiro atoms. The van der Waals surface area contributed by atoms with Gasteiger partial charge in [0.1, 0.15) is 10.8 Å². The predicted molar refractivity (Wildman–Crippen MR) is 86.4 cm³/mol. The van der Waals surface area contributed by atoms with Crippen molar-refractivity contribution in [1.82, 2.24) is 0 Å². The maximum Gasteiger partial charge on any atom is 0.284 e. The van der Waals surface area contributed by atoms with Gasteiger partial charge in [-0.2, -0.15) is 0 Å². The summed E-state index contributed by atoms with van der Waals surface area (Å²) >= 11 is 1.36. The zero-order valence-corrected chi connectivity index (χ0v) is 12.2. The van der Waals surface area contributed by atoms with Crippen LogP contribution in [-0.2, 0) is 4.79 Å². The monoisotopic (exact) mass is 295 g/mol. The van der Waals surface area contributed by atoms with Gasteiger partial charge in [-0.25, -0.2) is 4.99 Å². The van der Waals surface area contributed by atoms with Crippen LogP contribution in [0, 0.1) is 6.92 Å². The van der Waals surface area contributed by atoms with Gasteiger partial charge in [0.15, 0.2) is 0 Å². The highest BCUT2D eigenvalue weighted by molar-refractivity contribution is 8.19. The van der Waals surface area contributed by atoms with Crippen LogP contribution in [0.3, 0.4) is 0 Å². The van der Waals surface area contributed by atoms with Gasteiger partial charge in [0.2, 0.25) is 0 Å². The van der Waals surface area contributed by atoms with Gasteiger partial charge in [0.05, 0.1) is 4.91 Å². The average molecular weight is 295 g/mol. The molecule has 3 nitrogen and oxygen atoms in total. The standard InChI is InChI=1S/C17H13NO2S/c1-11-5-7-13(8-6-11)17-18-16(20)15(21-17)10-12-3-2-4-14(19)9-12/h2-10,19H,1H3/b15-10-. The molecule has 0 fully saturated rings. The Bertz CT molecular complexity index is 761. The number of phenols is 1. The third-order valence-corrected chi connectivity index (χ3v) is 4.12. The molecule has 104 valence electrons. The van der Waals surface area contributed by atoms with Gasteiger partial charge in [0.25, 0.3) is 5.91 Å². The number of hydrogen-bond acceptors (Lipinski definition) is 3. The predicted octanol–water partition coefficient (Wildman–Crippen LogP) is 3.76. The van der Waals surface area contributed by atoms with Gasteiger partial charge in [-0.05, 0) is 30.7 Å². The van der Waals surface area contributed by atoms with Crippen molar-refractivity contribution in [3.05, 3.63) is 70.1 Å². The van der Waals surface area contributed by atoms with E-state index in [-0.39, 0.29) is 11.7 Å². The number of rotatable bonds is 2. The normalized spacial score (nSPS) is 16.3. The first-order valence-corrected chi connectivity index (χ1v) is 7.32. The maximum absolute atomic E-state index is 12.0. The molecule has 1 heterocycles. The van der Waals surface area contributed by atoms with Crippen molar-refractivity contribution in [2.24, 2.45) is 4.99 Å². The van der Waals surface area contributed by atoms with Gasteiger partial charge in [0, 0.05) is 5.56 Å². The highest BCUT2D eigenvalue weighted by Crippen LogP contribution is 2.32. The minimum absolute atomic E-state index is 0.180. The molecule has 1 amide bonds. The Balaban J connectivity index is 1.86. The lowest BCUT2D eigenvalue weighted by atomic mass is 10.2. The molecule has 0 aromatic heterocycles. The van der Waals surface area contributed by atoms with Crippen LogP contribution in [0.1, 0.15) is 16.7 Å². The van der Waals surface area contributed by atoms with Crippen LogP contribution >= 0.6 is 11.8 Å². The van der Waals surface area contributed by atoms with Gasteiger partial charge < -0.3 is 5.11 Å². The molecular weight excluding hydrogens is 282 g/mol. The van der Waals surface area contributed by atoms with Crippen molar-refractivity contribution in [3.8, 4) is 5.75 Å². The van der Waals surface area contributed by atoms with Crippen molar-refractivity contribution in [2.75, 3.05) is 0 Å². The van der Waals surface area contributed by atoms with Crippen LogP contribution in [0.25, 0.3) is 6.08 Å². The molecule has 2 aromatic rings. The molecule has 0 aliphatic carbocycles. The lowest BCUT2D eigenvalue weighted by Crippen LogP contribution is -1.90. The number of aromatic hydroxyl groups is 1. The fraction of sp³-hybridized carbons (Fsp3) is 0.0588. The number of aryl methyl sites for hydroxylation is 1. The Morgan fingerprint density at radius 2 is 1.90 bits per heavy atom. The summed E-state index contributed by atoms with van der Waals surface area (Å²) in [4.78, 5) is 16.6. The Kier molecular flexibility index (Phi) is 3.62. The first-order chi connectivity index (χ1) is 10.1. The van der Waals surface area contributed by atoms with Crippen LogP contribution in [0.2, 0.25) is 0 Å². The zero-order valence-electron chi connectivity index (χ0n) is 11.4. The second-order valence-electron chi connectivity index (χ2n) is 4.79. The first-order valence-electron chi connectivity index (χ1n) is 6.50. The van der Waals surface area contributed by atoms with E-state index in [0.717, 1.165) is 11.1 Å². The maximum atomic E-state index is 12.0. The van der Waals surface area contributed by atoms with E-state index in [4.69, 9.17) is 0 Å². The smallest absolute Gasteiger partial charge is 0.284 e. The number of benzene rings is 2. The molecule has 1 N–H and O–H groups in total. The summed E-state index contributed by atoms with van der Waals surface area (Å²) in [5.41, 5.74) is 2.90. The average Bonchev–Trinajstić information content (AvgIpc) is 2.81. The first kappa shape index (κ1) is 13.6. The summed E-state index contributed by atoms with van der Waals surface area (Å²) in [5, 5.41) is 10.2. The Hall–Kier alpha value is -2.33. The van der Waals surface area contributed by atoms with Crippen LogP contribution in [-0.4, -0.2) is 16.1 Å². The van der Waals surface area contributed by atoms with Crippen LogP contribution in [0.5, 0.6) is 5.75 Å². The molecule has 0 atom stereocenters. The van der Waals surface area contributed by atoms with E-state index in [1.54, 1.807) is 24.3 Å². The summed E-state index contributed by atoms with van der Waals surface area (Å²) in [5.74, 6) is -0.0570. The van der Waals surface area contributed by atoms with E-state index in [0.29, 0.717) is 9.95 Å². The van der Waals surface area contributed by atoms with Crippen molar-refractivity contribution in [3.63, 3.8) is 0 Å². The molecule has 2 aromatic carbocycles. The number of carbonyl (C=O) groups excluding carboxylic acids is 1. The van der Waals surface area contributed by atoms with E-state index < -0.39 is 0 Å². The number of amides is 1. The molecule has 0 bridgehead atoms. The second kappa shape index (κ2) is 5.58. The Morgan fingerprint density at radius 1 is 1.14 bits per heavy atom. The largest absolute Gasteiger partial charge is 0.508 e. The van der Waals surface area contributed by atoms with E-state index in [1.807, 2.05) is 37.3 Å². The van der Waals surface area contributed by atoms with E-state index in [2.05, 4.69) is 4.99 Å². The number of phenolic OH excluding ortho intramolecular Hbond substituents is 1. The lowest BCUT2D eigenvalue weighted by molar-refractivity contribution is -0.113. The lowest BCUT2D eigenvalue weighted by Gasteiger charge is -2.00. The fourth-order valence-corrected chi connectivity index (χ4v) is 2.91. The van der Waals surface area contributed by atoms with E-state index in [9.17, 15) is 9.90 Å². The number of carbonyl (C=O) groups is 1. The van der Waals surface area contributed by atoms with E-state index >= 15 is 0 Å². The molecule has 0 radical (unpaired) electrons. The summed E-state index contributed by atoms with van der Waals surface area (Å²) in [6.45, 7) is 2.02. The topological polar surface area (TPSA) is 49.7 Å². The minimum Gasteiger partial charge on any atom is -0.508 e. The molecule has 3 rings (SSSR count). The third kappa shape index (κ3) is 3.06. The van der Waals surface area contributed by atoms with E-state index in [1.165, 1.54) is 17.3 Å². The van der Waals surface area contributed by atoms with Gasteiger partial charge in [-0.15, -0.1) is 0 Å². The SMILES string of the molecule is Cc1ccc(C2=NC(=O)/C(=C/c3cccc(O)c3)S2)cc1. The molecule has 1 aliphatic rings. The highest BCUT2D eigenvalue weighted by Gasteiger charge is 2.22. The second-order valence-corrected chi connectivity index (χ2v) is 5.82. The number of nitrogens with zero attached hydrogens (tertiary/aromatic N) is 1. The van der Waals surface area contributed by atoms with Crippen LogP contribution in [0.15, 0.2) is 58.4 Å². The van der Waals surface area contributed by atoms with Crippen LogP contribution < -0.4 is 0 Å². The Labute approximate surface area is 127 Å². The summed E-state index contributed by atoms with van der Waals surface area (Å²) in [6, 6.07) is 14.7. The van der Waals surface area contributed by atoms with Crippen molar-refractivity contribution < 1.29 is 9.90 Å². The number of thioether (sulfide) groups is 1. The summed E-state index contributed by atoms with van der Waals surface area (Å²) < 4.78 is 0. The van der Waals surface area contributed by atoms with Gasteiger partial charge in [-0.1, -0.05) is 53.7 Å². The third-order valence-electron chi connectivity index (χ3n) is 3.09. The van der Waals surface area contributed by atoms with Crippen molar-refractivity contribution in [1.29, 1.82) is 0 Å². The van der Waals surface area contributed by atoms with Crippen molar-refractivity contribution in [2.45, 2.75) is 6.92 Å². The van der Waals surface area contributed by atoms with Gasteiger partial charge >= 0.3 is 0 Å². The summed E-state index contributed by atoms with van der Waals surface area (Å²) in [6.07, 6.45) is 1.75. The minimum atomic E-state index is -0.237. The van der Waals surface area contributed by atoms with Crippen LogP contribution in [0.4, 0.5) is 0 Å². The number of hydrogen-bond donors (Lipinski definition) is 1. The summed E-state index contributed by atoms with van der Waals surface area (Å²) in [7, 11) is 0. The van der Waals surface area contributed by atoms with Crippen molar-refractivity contribution >= 4 is 28.8 Å². The number of aliphatic imine (C=N–C) groups is 1.